The molecule has 0 saturated carbocycles. The van der Waals surface area contributed by atoms with Gasteiger partial charge < -0.3 is 15.8 Å². The zero-order valence-electron chi connectivity index (χ0n) is 16.1. The Balaban J connectivity index is 1.46. The topological polar surface area (TPSA) is 90.9 Å². The molecule has 1 saturated heterocycles. The standard InChI is InChI=1S/C20H21Cl2FN6O/c21-15-1-2-16(23)19(22)14(15)5-8-30-18-9-12(10-26-20(18)24)17-11-29(28-27-17)13-3-6-25-7-4-13/h1-2,9-11,13,25H,3-8H2,(H2,24,26). The lowest BCUT2D eigenvalue weighted by Gasteiger charge is -2.22. The van der Waals surface area contributed by atoms with Gasteiger partial charge in [0.2, 0.25) is 0 Å². The Labute approximate surface area is 183 Å². The third-order valence-corrected chi connectivity index (χ3v) is 5.88. The molecule has 1 fully saturated rings. The van der Waals surface area contributed by atoms with Crippen LogP contribution < -0.4 is 15.8 Å². The van der Waals surface area contributed by atoms with Crippen molar-refractivity contribution in [2.45, 2.75) is 25.3 Å². The molecule has 158 valence electrons. The first-order valence-corrected chi connectivity index (χ1v) is 10.4. The van der Waals surface area contributed by atoms with Crippen LogP contribution >= 0.6 is 23.2 Å². The summed E-state index contributed by atoms with van der Waals surface area (Å²) < 4.78 is 21.4. The zero-order valence-corrected chi connectivity index (χ0v) is 17.6. The largest absolute Gasteiger partial charge is 0.489 e. The van der Waals surface area contributed by atoms with E-state index in [4.69, 9.17) is 33.7 Å². The van der Waals surface area contributed by atoms with E-state index in [1.165, 1.54) is 12.1 Å². The molecule has 0 aliphatic carbocycles. The maximum atomic E-state index is 13.7. The Morgan fingerprint density at radius 1 is 1.27 bits per heavy atom. The molecule has 0 bridgehead atoms. The van der Waals surface area contributed by atoms with E-state index in [0.717, 1.165) is 31.5 Å². The number of halogens is 3. The summed E-state index contributed by atoms with van der Waals surface area (Å²) in [6.45, 7) is 2.15. The van der Waals surface area contributed by atoms with E-state index in [2.05, 4.69) is 20.6 Å². The molecular formula is C20H21Cl2FN6O. The van der Waals surface area contributed by atoms with Gasteiger partial charge in [0.25, 0.3) is 0 Å². The first kappa shape index (κ1) is 20.8. The Hall–Kier alpha value is -2.42. The van der Waals surface area contributed by atoms with E-state index in [-0.39, 0.29) is 17.4 Å². The molecule has 0 amide bonds. The summed E-state index contributed by atoms with van der Waals surface area (Å²) in [5.41, 5.74) is 7.90. The van der Waals surface area contributed by atoms with Crippen LogP contribution in [0.5, 0.6) is 5.75 Å². The average molecular weight is 451 g/mol. The first-order valence-electron chi connectivity index (χ1n) is 9.66. The summed E-state index contributed by atoms with van der Waals surface area (Å²) in [5.74, 6) is 0.143. The highest BCUT2D eigenvalue weighted by Gasteiger charge is 2.18. The minimum Gasteiger partial charge on any atom is -0.489 e. The molecule has 1 aliphatic heterocycles. The molecule has 1 aromatic carbocycles. The predicted octanol–water partition coefficient (Wildman–Crippen LogP) is 3.91. The highest BCUT2D eigenvalue weighted by Crippen LogP contribution is 2.30. The van der Waals surface area contributed by atoms with Gasteiger partial charge in [0.1, 0.15) is 11.5 Å². The van der Waals surface area contributed by atoms with Crippen molar-refractivity contribution in [1.29, 1.82) is 0 Å². The number of pyridine rings is 1. The molecule has 3 heterocycles. The average Bonchev–Trinajstić information content (AvgIpc) is 3.25. The second kappa shape index (κ2) is 9.16. The summed E-state index contributed by atoms with van der Waals surface area (Å²) in [4.78, 5) is 4.21. The van der Waals surface area contributed by atoms with Gasteiger partial charge in [-0.3, -0.25) is 0 Å². The van der Waals surface area contributed by atoms with Gasteiger partial charge in [-0.1, -0.05) is 28.4 Å². The number of hydrogen-bond donors (Lipinski definition) is 2. The number of nitrogens with two attached hydrogens (primary N) is 1. The van der Waals surface area contributed by atoms with Gasteiger partial charge in [-0.25, -0.2) is 14.1 Å². The van der Waals surface area contributed by atoms with E-state index in [0.29, 0.717) is 34.5 Å². The van der Waals surface area contributed by atoms with Crippen LogP contribution in [0.4, 0.5) is 10.2 Å². The van der Waals surface area contributed by atoms with Gasteiger partial charge in [0.05, 0.1) is 23.9 Å². The number of piperidine rings is 1. The summed E-state index contributed by atoms with van der Waals surface area (Å²) in [5, 5.41) is 12.3. The summed E-state index contributed by atoms with van der Waals surface area (Å²) in [6, 6.07) is 4.82. The molecule has 7 nitrogen and oxygen atoms in total. The van der Waals surface area contributed by atoms with Crippen molar-refractivity contribution in [3.05, 3.63) is 52.0 Å². The second-order valence-corrected chi connectivity index (χ2v) is 7.88. The number of nitrogen functional groups attached to an aromatic ring is 1. The number of anilines is 1. The van der Waals surface area contributed by atoms with Crippen molar-refractivity contribution >= 4 is 29.0 Å². The van der Waals surface area contributed by atoms with E-state index in [1.807, 2.05) is 10.9 Å². The minimum atomic E-state index is -0.518. The predicted molar refractivity (Wildman–Crippen MR) is 114 cm³/mol. The molecule has 4 rings (SSSR count). The summed E-state index contributed by atoms with van der Waals surface area (Å²) >= 11 is 12.1. The lowest BCUT2D eigenvalue weighted by atomic mass is 10.1. The van der Waals surface area contributed by atoms with Crippen molar-refractivity contribution in [3.63, 3.8) is 0 Å². The number of benzene rings is 1. The van der Waals surface area contributed by atoms with Gasteiger partial charge in [-0.2, -0.15) is 0 Å². The van der Waals surface area contributed by atoms with Gasteiger partial charge >= 0.3 is 0 Å². The normalized spacial score (nSPS) is 14.8. The van der Waals surface area contributed by atoms with Crippen LogP contribution in [-0.4, -0.2) is 39.7 Å². The number of rotatable bonds is 6. The number of ether oxygens (including phenoxy) is 1. The van der Waals surface area contributed by atoms with Crippen LogP contribution in [0.3, 0.4) is 0 Å². The van der Waals surface area contributed by atoms with Crippen LogP contribution in [0, 0.1) is 5.82 Å². The molecule has 10 heteroatoms. The van der Waals surface area contributed by atoms with Gasteiger partial charge in [0, 0.05) is 23.2 Å². The molecule has 0 unspecified atom stereocenters. The fourth-order valence-corrected chi connectivity index (χ4v) is 3.99. The molecule has 0 spiro atoms. The van der Waals surface area contributed by atoms with Crippen molar-refractivity contribution in [1.82, 2.24) is 25.3 Å². The number of hydrogen-bond acceptors (Lipinski definition) is 6. The summed E-state index contributed by atoms with van der Waals surface area (Å²) in [7, 11) is 0. The molecular weight excluding hydrogens is 430 g/mol. The van der Waals surface area contributed by atoms with Crippen LogP contribution in [0.2, 0.25) is 10.0 Å². The lowest BCUT2D eigenvalue weighted by molar-refractivity contribution is 0.322. The zero-order chi connectivity index (χ0) is 21.1. The quantitative estimate of drug-likeness (QED) is 0.553. The van der Waals surface area contributed by atoms with E-state index in [1.54, 1.807) is 12.3 Å². The number of nitrogens with one attached hydrogen (secondary N) is 1. The Morgan fingerprint density at radius 3 is 2.87 bits per heavy atom. The SMILES string of the molecule is Nc1ncc(-c2cn(C3CCNCC3)nn2)cc1OCCc1c(Cl)ccc(F)c1Cl. The van der Waals surface area contributed by atoms with E-state index in [9.17, 15) is 4.39 Å². The Kier molecular flexibility index (Phi) is 6.36. The summed E-state index contributed by atoms with van der Waals surface area (Å²) in [6.07, 6.45) is 5.91. The minimum absolute atomic E-state index is 0.000439. The maximum Gasteiger partial charge on any atom is 0.166 e. The van der Waals surface area contributed by atoms with Crippen LogP contribution in [-0.2, 0) is 6.42 Å². The highest BCUT2D eigenvalue weighted by molar-refractivity contribution is 6.36. The van der Waals surface area contributed by atoms with Crippen LogP contribution in [0.1, 0.15) is 24.4 Å². The molecule has 1 aliphatic rings. The van der Waals surface area contributed by atoms with Crippen molar-refractivity contribution in [2.24, 2.45) is 0 Å². The smallest absolute Gasteiger partial charge is 0.166 e. The second-order valence-electron chi connectivity index (χ2n) is 7.09. The molecule has 0 atom stereocenters. The van der Waals surface area contributed by atoms with E-state index < -0.39 is 5.82 Å². The maximum absolute atomic E-state index is 13.7. The molecule has 3 N–H and O–H groups in total. The fraction of sp³-hybridized carbons (Fsp3) is 0.350. The van der Waals surface area contributed by atoms with Gasteiger partial charge in [-0.15, -0.1) is 5.10 Å². The van der Waals surface area contributed by atoms with Crippen LogP contribution in [0.25, 0.3) is 11.3 Å². The Bertz CT molecular complexity index is 1040. The molecule has 3 aromatic rings. The molecule has 2 aromatic heterocycles. The van der Waals surface area contributed by atoms with Gasteiger partial charge in [-0.05, 0) is 49.7 Å². The third kappa shape index (κ3) is 4.50. The molecule has 30 heavy (non-hydrogen) atoms. The number of nitrogens with zero attached hydrogens (tertiary/aromatic N) is 4. The van der Waals surface area contributed by atoms with Gasteiger partial charge in [0.15, 0.2) is 11.6 Å². The highest BCUT2D eigenvalue weighted by atomic mass is 35.5. The van der Waals surface area contributed by atoms with Crippen molar-refractivity contribution < 1.29 is 9.13 Å². The Morgan fingerprint density at radius 2 is 2.07 bits per heavy atom. The lowest BCUT2D eigenvalue weighted by Crippen LogP contribution is -2.29. The monoisotopic (exact) mass is 450 g/mol. The fourth-order valence-electron chi connectivity index (χ4n) is 3.43. The third-order valence-electron chi connectivity index (χ3n) is 5.12. The molecule has 0 radical (unpaired) electrons. The van der Waals surface area contributed by atoms with Crippen molar-refractivity contribution in [3.8, 4) is 17.0 Å². The van der Waals surface area contributed by atoms with E-state index >= 15 is 0 Å². The van der Waals surface area contributed by atoms with Crippen molar-refractivity contribution in [2.75, 3.05) is 25.4 Å². The number of aromatic nitrogens is 4. The van der Waals surface area contributed by atoms with Crippen LogP contribution in [0.15, 0.2) is 30.6 Å². The first-order chi connectivity index (χ1) is 14.5.